The number of non-ortho nitro benzene ring substituents is 2. The summed E-state index contributed by atoms with van der Waals surface area (Å²) in [5, 5.41) is 44.4. The summed E-state index contributed by atoms with van der Waals surface area (Å²) in [5.41, 5.74) is -1.56. The van der Waals surface area contributed by atoms with Crippen molar-refractivity contribution in [2.45, 2.75) is 0 Å². The van der Waals surface area contributed by atoms with Crippen molar-refractivity contribution in [1.29, 1.82) is 5.26 Å². The average Bonchev–Trinajstić information content (AvgIpc) is 2.85. The van der Waals surface area contributed by atoms with Gasteiger partial charge in [0.25, 0.3) is 17.3 Å². The van der Waals surface area contributed by atoms with Crippen LogP contribution in [-0.4, -0.2) is 20.7 Å². The molecule has 13 nitrogen and oxygen atoms in total. The van der Waals surface area contributed by atoms with Gasteiger partial charge in [-0.15, -0.1) is 0 Å². The molecule has 37 heavy (non-hydrogen) atoms. The van der Waals surface area contributed by atoms with Crippen LogP contribution in [0.25, 0.3) is 6.08 Å². The fourth-order valence-electron chi connectivity index (χ4n) is 2.89. The maximum absolute atomic E-state index is 12.6. The summed E-state index contributed by atoms with van der Waals surface area (Å²) in [4.78, 5) is 43.3. The molecule has 0 saturated heterocycles. The standard InChI is InChI=1S/C22H11Cl2N5O8/c23-17-8-15(28(33)34)9-18(24)21(17)26-22(30)13(11-25)7-12-1-4-16(5-2-12)37-20-6-3-14(27(31)32)10-19(20)29(35)36/h1-10H,(H,26,30)/b13-7+. The Hall–Kier alpha value is -5.06. The maximum Gasteiger partial charge on any atom is 0.318 e. The van der Waals surface area contributed by atoms with Gasteiger partial charge >= 0.3 is 5.69 Å². The molecule has 0 aliphatic rings. The first kappa shape index (κ1) is 26.5. The number of ether oxygens (including phenoxy) is 1. The average molecular weight is 544 g/mol. The van der Waals surface area contributed by atoms with Crippen LogP contribution in [0.3, 0.4) is 0 Å². The van der Waals surface area contributed by atoms with Crippen LogP contribution in [0.5, 0.6) is 11.5 Å². The minimum Gasteiger partial charge on any atom is -0.450 e. The maximum atomic E-state index is 12.6. The number of amides is 1. The van der Waals surface area contributed by atoms with Gasteiger partial charge in [-0.1, -0.05) is 35.3 Å². The number of carbonyl (C=O) groups is 1. The fraction of sp³-hybridized carbons (Fsp3) is 0. The summed E-state index contributed by atoms with van der Waals surface area (Å²) in [6.07, 6.45) is 1.22. The summed E-state index contributed by atoms with van der Waals surface area (Å²) >= 11 is 11.9. The molecule has 0 spiro atoms. The number of nitro groups is 3. The second-order valence-corrected chi connectivity index (χ2v) is 7.82. The highest BCUT2D eigenvalue weighted by Gasteiger charge is 2.21. The van der Waals surface area contributed by atoms with Gasteiger partial charge in [0, 0.05) is 18.2 Å². The van der Waals surface area contributed by atoms with E-state index in [9.17, 15) is 40.4 Å². The van der Waals surface area contributed by atoms with E-state index in [-0.39, 0.29) is 38.5 Å². The Kier molecular flexibility index (Phi) is 7.98. The zero-order chi connectivity index (χ0) is 27.3. The van der Waals surface area contributed by atoms with Crippen molar-refractivity contribution in [1.82, 2.24) is 0 Å². The number of carbonyl (C=O) groups excluding carboxylic acids is 1. The van der Waals surface area contributed by atoms with Gasteiger partial charge in [0.2, 0.25) is 5.75 Å². The van der Waals surface area contributed by atoms with Gasteiger partial charge in [-0.05, 0) is 29.8 Å². The lowest BCUT2D eigenvalue weighted by molar-refractivity contribution is -0.394. The van der Waals surface area contributed by atoms with E-state index in [0.29, 0.717) is 5.56 Å². The van der Waals surface area contributed by atoms with Crippen molar-refractivity contribution in [3.8, 4) is 17.6 Å². The molecule has 0 unspecified atom stereocenters. The van der Waals surface area contributed by atoms with E-state index in [0.717, 1.165) is 30.3 Å². The van der Waals surface area contributed by atoms with Gasteiger partial charge < -0.3 is 10.1 Å². The third-order valence-electron chi connectivity index (χ3n) is 4.61. The zero-order valence-electron chi connectivity index (χ0n) is 18.1. The van der Waals surface area contributed by atoms with Crippen molar-refractivity contribution >= 4 is 57.9 Å². The first-order chi connectivity index (χ1) is 17.5. The van der Waals surface area contributed by atoms with Crippen LogP contribution in [-0.2, 0) is 4.79 Å². The largest absolute Gasteiger partial charge is 0.450 e. The third-order valence-corrected chi connectivity index (χ3v) is 5.21. The van der Waals surface area contributed by atoms with E-state index in [1.165, 1.54) is 30.3 Å². The predicted molar refractivity (Wildman–Crippen MR) is 132 cm³/mol. The van der Waals surface area contributed by atoms with Crippen molar-refractivity contribution in [2.75, 3.05) is 5.32 Å². The van der Waals surface area contributed by atoms with Gasteiger partial charge in [0.1, 0.15) is 17.4 Å². The number of halogens is 2. The number of anilines is 1. The lowest BCUT2D eigenvalue weighted by Crippen LogP contribution is -2.14. The smallest absolute Gasteiger partial charge is 0.318 e. The van der Waals surface area contributed by atoms with E-state index in [1.807, 2.05) is 0 Å². The van der Waals surface area contributed by atoms with E-state index in [4.69, 9.17) is 27.9 Å². The molecule has 0 atom stereocenters. The Morgan fingerprint density at radius 3 is 2.00 bits per heavy atom. The minimum atomic E-state index is -0.887. The molecule has 1 amide bonds. The van der Waals surface area contributed by atoms with Gasteiger partial charge in [0.05, 0.1) is 36.6 Å². The monoisotopic (exact) mass is 543 g/mol. The van der Waals surface area contributed by atoms with E-state index >= 15 is 0 Å². The SMILES string of the molecule is N#C/C(=C\c1ccc(Oc2ccc([N+](=O)[O-])cc2[N+](=O)[O-])cc1)C(=O)Nc1c(Cl)cc([N+](=O)[O-])cc1Cl. The van der Waals surface area contributed by atoms with Gasteiger partial charge in [-0.25, -0.2) is 0 Å². The van der Waals surface area contributed by atoms with E-state index in [1.54, 1.807) is 6.07 Å². The molecule has 186 valence electrons. The minimum absolute atomic E-state index is 0.117. The number of nitro benzene ring substituents is 3. The highest BCUT2D eigenvalue weighted by Crippen LogP contribution is 2.36. The molecule has 1 N–H and O–H groups in total. The Labute approximate surface area is 216 Å². The first-order valence-corrected chi connectivity index (χ1v) is 10.5. The summed E-state index contributed by atoms with van der Waals surface area (Å²) in [6.45, 7) is 0. The van der Waals surface area contributed by atoms with Gasteiger partial charge in [0.15, 0.2) is 0 Å². The molecule has 3 aromatic carbocycles. The Morgan fingerprint density at radius 2 is 1.49 bits per heavy atom. The molecule has 0 fully saturated rings. The third kappa shape index (κ3) is 6.34. The van der Waals surface area contributed by atoms with E-state index in [2.05, 4.69) is 5.32 Å². The topological polar surface area (TPSA) is 192 Å². The van der Waals surface area contributed by atoms with Gasteiger partial charge in [-0.3, -0.25) is 35.1 Å². The molecule has 0 aromatic heterocycles. The van der Waals surface area contributed by atoms with Crippen molar-refractivity contribution in [3.05, 3.63) is 106 Å². The molecular formula is C22H11Cl2N5O8. The molecule has 0 bridgehead atoms. The summed E-state index contributed by atoms with van der Waals surface area (Å²) < 4.78 is 5.46. The van der Waals surface area contributed by atoms with Gasteiger partial charge in [-0.2, -0.15) is 5.26 Å². The normalized spacial score (nSPS) is 10.8. The fourth-order valence-corrected chi connectivity index (χ4v) is 3.46. The molecule has 0 aliphatic heterocycles. The predicted octanol–water partition coefficient (Wildman–Crippen LogP) is 6.06. The summed E-state index contributed by atoms with van der Waals surface area (Å²) in [5.74, 6) is -0.976. The van der Waals surface area contributed by atoms with Crippen LogP contribution in [0.1, 0.15) is 5.56 Å². The number of nitrogens with zero attached hydrogens (tertiary/aromatic N) is 4. The first-order valence-electron chi connectivity index (χ1n) is 9.77. The van der Waals surface area contributed by atoms with Crippen LogP contribution in [0, 0.1) is 41.7 Å². The number of nitrogens with one attached hydrogen (secondary N) is 1. The molecule has 0 radical (unpaired) electrons. The lowest BCUT2D eigenvalue weighted by Gasteiger charge is -2.09. The Balaban J connectivity index is 1.80. The molecule has 3 rings (SSSR count). The van der Waals surface area contributed by atoms with Crippen molar-refractivity contribution in [2.24, 2.45) is 0 Å². The molecule has 0 saturated carbocycles. The number of benzene rings is 3. The highest BCUT2D eigenvalue weighted by molar-refractivity contribution is 6.40. The van der Waals surface area contributed by atoms with E-state index < -0.39 is 32.1 Å². The van der Waals surface area contributed by atoms with Crippen LogP contribution >= 0.6 is 23.2 Å². The molecule has 15 heteroatoms. The lowest BCUT2D eigenvalue weighted by atomic mass is 10.1. The van der Waals surface area contributed by atoms with Crippen molar-refractivity contribution < 1.29 is 24.3 Å². The number of nitriles is 1. The Morgan fingerprint density at radius 1 is 0.892 bits per heavy atom. The summed E-state index contributed by atoms with van der Waals surface area (Å²) in [6, 6.07) is 12.3. The Bertz CT molecular complexity index is 1490. The molecule has 0 heterocycles. The molecular weight excluding hydrogens is 533 g/mol. The quantitative estimate of drug-likeness (QED) is 0.152. The number of rotatable bonds is 8. The zero-order valence-corrected chi connectivity index (χ0v) is 19.6. The number of hydrogen-bond donors (Lipinski definition) is 1. The van der Waals surface area contributed by atoms with Crippen LogP contribution in [0.4, 0.5) is 22.7 Å². The van der Waals surface area contributed by atoms with Crippen molar-refractivity contribution in [3.63, 3.8) is 0 Å². The summed E-state index contributed by atoms with van der Waals surface area (Å²) in [7, 11) is 0. The molecule has 3 aromatic rings. The second kappa shape index (κ2) is 11.1. The van der Waals surface area contributed by atoms with Crippen LogP contribution in [0.2, 0.25) is 10.0 Å². The van der Waals surface area contributed by atoms with Crippen LogP contribution < -0.4 is 10.1 Å². The molecule has 0 aliphatic carbocycles. The number of hydrogen-bond acceptors (Lipinski definition) is 9. The highest BCUT2D eigenvalue weighted by atomic mass is 35.5. The van der Waals surface area contributed by atoms with Crippen LogP contribution in [0.15, 0.2) is 60.2 Å². The second-order valence-electron chi connectivity index (χ2n) is 7.00.